The molecular formula is C23H30N2O4. The van der Waals surface area contributed by atoms with E-state index in [2.05, 4.69) is 17.1 Å². The summed E-state index contributed by atoms with van der Waals surface area (Å²) in [6.45, 7) is 5.44. The van der Waals surface area contributed by atoms with E-state index in [1.54, 1.807) is 0 Å². The minimum Gasteiger partial charge on any atom is -0.484 e. The van der Waals surface area contributed by atoms with E-state index < -0.39 is 6.10 Å². The maximum absolute atomic E-state index is 12.0. The van der Waals surface area contributed by atoms with Gasteiger partial charge in [-0.1, -0.05) is 37.6 Å². The molecule has 2 aromatic carbocycles. The first-order chi connectivity index (χ1) is 14.2. The Morgan fingerprint density at radius 3 is 2.48 bits per heavy atom. The van der Waals surface area contributed by atoms with Crippen LogP contribution in [0.4, 0.5) is 5.69 Å². The van der Waals surface area contributed by atoms with Crippen molar-refractivity contribution in [1.29, 1.82) is 0 Å². The number of rotatable bonds is 9. The highest BCUT2D eigenvalue weighted by atomic mass is 16.5. The fourth-order valence-corrected chi connectivity index (χ4v) is 3.30. The predicted octanol–water partition coefficient (Wildman–Crippen LogP) is 2.70. The molecule has 0 spiro atoms. The predicted molar refractivity (Wildman–Crippen MR) is 113 cm³/mol. The van der Waals surface area contributed by atoms with Crippen LogP contribution in [0.25, 0.3) is 0 Å². The van der Waals surface area contributed by atoms with Crippen LogP contribution in [0.15, 0.2) is 48.5 Å². The number of benzene rings is 2. The first-order valence-corrected chi connectivity index (χ1v) is 10.2. The molecule has 1 heterocycles. The molecule has 0 saturated carbocycles. The summed E-state index contributed by atoms with van der Waals surface area (Å²) in [6.07, 6.45) is 1.37. The molecular weight excluding hydrogens is 368 g/mol. The second kappa shape index (κ2) is 10.8. The molecule has 2 aromatic rings. The molecule has 1 amide bonds. The van der Waals surface area contributed by atoms with Crippen molar-refractivity contribution in [3.05, 3.63) is 59.7 Å². The van der Waals surface area contributed by atoms with Crippen molar-refractivity contribution in [3.8, 4) is 5.75 Å². The molecule has 0 radical (unpaired) electrons. The number of aryl methyl sites for hydroxylation is 1. The molecule has 6 heteroatoms. The monoisotopic (exact) mass is 398 g/mol. The summed E-state index contributed by atoms with van der Waals surface area (Å²) in [5.74, 6) is 0.408. The minimum atomic E-state index is -0.758. The number of morpholine rings is 1. The summed E-state index contributed by atoms with van der Waals surface area (Å²) in [6, 6.07) is 15.6. The zero-order valence-corrected chi connectivity index (χ0v) is 17.0. The lowest BCUT2D eigenvalue weighted by Gasteiger charge is -2.29. The summed E-state index contributed by atoms with van der Waals surface area (Å²) in [4.78, 5) is 14.3. The third-order valence-electron chi connectivity index (χ3n) is 4.98. The van der Waals surface area contributed by atoms with Crippen LogP contribution in [-0.2, 0) is 16.0 Å². The van der Waals surface area contributed by atoms with Gasteiger partial charge in [-0.3, -0.25) is 4.79 Å². The standard InChI is InChI=1S/C23H30N2O4/c1-2-3-18-4-10-21(11-5-18)29-17-23(27)24-16-22(26)19-6-8-20(9-7-19)25-12-14-28-15-13-25/h4-11,22,26H,2-3,12-17H2,1H3,(H,24,27). The van der Waals surface area contributed by atoms with Gasteiger partial charge in [0.05, 0.1) is 19.3 Å². The zero-order valence-electron chi connectivity index (χ0n) is 17.0. The van der Waals surface area contributed by atoms with E-state index in [0.29, 0.717) is 5.75 Å². The third kappa shape index (κ3) is 6.48. The van der Waals surface area contributed by atoms with Crippen molar-refractivity contribution in [1.82, 2.24) is 5.32 Å². The fourth-order valence-electron chi connectivity index (χ4n) is 3.30. The number of ether oxygens (including phenoxy) is 2. The number of aliphatic hydroxyl groups excluding tert-OH is 1. The number of aliphatic hydroxyl groups is 1. The fraction of sp³-hybridized carbons (Fsp3) is 0.435. The number of nitrogens with zero attached hydrogens (tertiary/aromatic N) is 1. The maximum Gasteiger partial charge on any atom is 0.258 e. The van der Waals surface area contributed by atoms with E-state index in [-0.39, 0.29) is 19.1 Å². The van der Waals surface area contributed by atoms with Crippen LogP contribution in [0, 0.1) is 0 Å². The molecule has 6 nitrogen and oxygen atoms in total. The Balaban J connectivity index is 1.41. The van der Waals surface area contributed by atoms with E-state index in [1.807, 2.05) is 48.5 Å². The van der Waals surface area contributed by atoms with Gasteiger partial charge in [-0.05, 0) is 41.8 Å². The van der Waals surface area contributed by atoms with Crippen molar-refractivity contribution in [2.24, 2.45) is 0 Å². The lowest BCUT2D eigenvalue weighted by Crippen LogP contribution is -2.36. The number of carbonyl (C=O) groups is 1. The van der Waals surface area contributed by atoms with Gasteiger partial charge in [0.2, 0.25) is 0 Å². The van der Waals surface area contributed by atoms with Crippen molar-refractivity contribution in [3.63, 3.8) is 0 Å². The molecule has 1 saturated heterocycles. The van der Waals surface area contributed by atoms with Crippen molar-refractivity contribution in [2.45, 2.75) is 25.9 Å². The van der Waals surface area contributed by atoms with Gasteiger partial charge in [0.15, 0.2) is 6.61 Å². The molecule has 1 aliphatic rings. The largest absolute Gasteiger partial charge is 0.484 e. The van der Waals surface area contributed by atoms with Gasteiger partial charge in [-0.25, -0.2) is 0 Å². The highest BCUT2D eigenvalue weighted by Gasteiger charge is 2.13. The Labute approximate surface area is 172 Å². The summed E-state index contributed by atoms with van der Waals surface area (Å²) < 4.78 is 10.9. The molecule has 0 aromatic heterocycles. The van der Waals surface area contributed by atoms with Crippen LogP contribution < -0.4 is 15.0 Å². The first-order valence-electron chi connectivity index (χ1n) is 10.2. The quantitative estimate of drug-likeness (QED) is 0.680. The average molecular weight is 399 g/mol. The molecule has 3 rings (SSSR count). The summed E-state index contributed by atoms with van der Waals surface area (Å²) in [7, 11) is 0. The van der Waals surface area contributed by atoms with Crippen LogP contribution in [0.3, 0.4) is 0 Å². The molecule has 1 atom stereocenters. The van der Waals surface area contributed by atoms with Crippen LogP contribution >= 0.6 is 0 Å². The maximum atomic E-state index is 12.0. The lowest BCUT2D eigenvalue weighted by atomic mass is 10.1. The van der Waals surface area contributed by atoms with Crippen LogP contribution in [0.1, 0.15) is 30.6 Å². The summed E-state index contributed by atoms with van der Waals surface area (Å²) in [5, 5.41) is 13.1. The number of nitrogens with one attached hydrogen (secondary N) is 1. The number of anilines is 1. The second-order valence-corrected chi connectivity index (χ2v) is 7.19. The Bertz CT molecular complexity index is 755. The van der Waals surface area contributed by atoms with Crippen LogP contribution in [0.5, 0.6) is 5.75 Å². The van der Waals surface area contributed by atoms with Gasteiger partial charge in [0.25, 0.3) is 5.91 Å². The smallest absolute Gasteiger partial charge is 0.258 e. The molecule has 29 heavy (non-hydrogen) atoms. The molecule has 0 bridgehead atoms. The van der Waals surface area contributed by atoms with Gasteiger partial charge in [-0.15, -0.1) is 0 Å². The topological polar surface area (TPSA) is 71.0 Å². The zero-order chi connectivity index (χ0) is 20.5. The van der Waals surface area contributed by atoms with E-state index in [4.69, 9.17) is 9.47 Å². The van der Waals surface area contributed by atoms with Gasteiger partial charge < -0.3 is 24.8 Å². The lowest BCUT2D eigenvalue weighted by molar-refractivity contribution is -0.123. The van der Waals surface area contributed by atoms with Crippen LogP contribution in [-0.4, -0.2) is 50.5 Å². The molecule has 0 aliphatic carbocycles. The van der Waals surface area contributed by atoms with Crippen molar-refractivity contribution < 1.29 is 19.4 Å². The minimum absolute atomic E-state index is 0.0736. The Morgan fingerprint density at radius 1 is 1.14 bits per heavy atom. The summed E-state index contributed by atoms with van der Waals surface area (Å²) >= 11 is 0. The first kappa shape index (κ1) is 21.1. The van der Waals surface area contributed by atoms with Crippen molar-refractivity contribution >= 4 is 11.6 Å². The van der Waals surface area contributed by atoms with Gasteiger partial charge in [0.1, 0.15) is 5.75 Å². The normalized spacial score (nSPS) is 15.0. The highest BCUT2D eigenvalue weighted by Crippen LogP contribution is 2.20. The number of carbonyl (C=O) groups excluding carboxylic acids is 1. The number of amides is 1. The second-order valence-electron chi connectivity index (χ2n) is 7.19. The third-order valence-corrected chi connectivity index (χ3v) is 4.98. The number of hydrogen-bond donors (Lipinski definition) is 2. The van der Waals surface area contributed by atoms with Crippen molar-refractivity contribution in [2.75, 3.05) is 44.4 Å². The number of hydrogen-bond acceptors (Lipinski definition) is 5. The van der Waals surface area contributed by atoms with Gasteiger partial charge in [-0.2, -0.15) is 0 Å². The van der Waals surface area contributed by atoms with Gasteiger partial charge in [0, 0.05) is 25.3 Å². The Kier molecular flexibility index (Phi) is 7.90. The average Bonchev–Trinajstić information content (AvgIpc) is 2.78. The highest BCUT2D eigenvalue weighted by molar-refractivity contribution is 5.77. The Hall–Kier alpha value is -2.57. The Morgan fingerprint density at radius 2 is 1.83 bits per heavy atom. The molecule has 1 aliphatic heterocycles. The van der Waals surface area contributed by atoms with Gasteiger partial charge >= 0.3 is 0 Å². The van der Waals surface area contributed by atoms with E-state index in [0.717, 1.165) is 50.4 Å². The SMILES string of the molecule is CCCc1ccc(OCC(=O)NCC(O)c2ccc(N3CCOCC3)cc2)cc1. The molecule has 2 N–H and O–H groups in total. The summed E-state index contributed by atoms with van der Waals surface area (Å²) in [5.41, 5.74) is 3.15. The molecule has 156 valence electrons. The van der Waals surface area contributed by atoms with E-state index in [9.17, 15) is 9.90 Å². The molecule has 1 fully saturated rings. The van der Waals surface area contributed by atoms with E-state index >= 15 is 0 Å². The van der Waals surface area contributed by atoms with Crippen LogP contribution in [0.2, 0.25) is 0 Å². The molecule has 1 unspecified atom stereocenters. The van der Waals surface area contributed by atoms with E-state index in [1.165, 1.54) is 5.56 Å².